The van der Waals surface area contributed by atoms with Crippen LogP contribution in [0, 0.1) is 5.92 Å². The fourth-order valence-electron chi connectivity index (χ4n) is 4.47. The first-order chi connectivity index (χ1) is 12.8. The first-order valence-electron chi connectivity index (χ1n) is 9.55. The number of carbonyl (C=O) groups is 2. The molecule has 142 valence electrons. The number of hydrogen-bond acceptors (Lipinski definition) is 3. The average molecular weight is 366 g/mol. The number of hydrogen-bond donors (Lipinski definition) is 0. The highest BCUT2D eigenvalue weighted by Gasteiger charge is 2.49. The van der Waals surface area contributed by atoms with Crippen molar-refractivity contribution in [2.45, 2.75) is 52.2 Å². The topological polar surface area (TPSA) is 57.9 Å². The molecule has 0 fully saturated rings. The molecule has 0 N–H and O–H groups in total. The van der Waals surface area contributed by atoms with E-state index in [9.17, 15) is 9.59 Å². The smallest absolute Gasteiger partial charge is 0.250 e. The molecule has 3 aliphatic rings. The highest BCUT2D eigenvalue weighted by atomic mass is 16.2. The van der Waals surface area contributed by atoms with Crippen molar-refractivity contribution in [1.82, 2.24) is 14.4 Å². The monoisotopic (exact) mass is 366 g/mol. The number of nitrogens with zero attached hydrogens (tertiary/aromatic N) is 4. The van der Waals surface area contributed by atoms with Gasteiger partial charge in [-0.25, -0.2) is 0 Å². The Hall–Kier alpha value is -2.63. The summed E-state index contributed by atoms with van der Waals surface area (Å²) in [5, 5.41) is 0. The van der Waals surface area contributed by atoms with Crippen molar-refractivity contribution in [3.05, 3.63) is 47.9 Å². The van der Waals surface area contributed by atoms with Gasteiger partial charge < -0.3 is 14.4 Å². The Morgan fingerprint density at radius 2 is 2.11 bits per heavy atom. The minimum Gasteiger partial charge on any atom is -0.348 e. The predicted molar refractivity (Wildman–Crippen MR) is 104 cm³/mol. The summed E-state index contributed by atoms with van der Waals surface area (Å²) in [6.45, 7) is 9.53. The van der Waals surface area contributed by atoms with Gasteiger partial charge in [0.25, 0.3) is 5.91 Å². The Kier molecular flexibility index (Phi) is 4.09. The summed E-state index contributed by atoms with van der Waals surface area (Å²) in [7, 11) is 0. The van der Waals surface area contributed by atoms with E-state index in [4.69, 9.17) is 0 Å². The molecule has 3 aliphatic heterocycles. The summed E-state index contributed by atoms with van der Waals surface area (Å²) in [5.41, 5.74) is 1.23. The van der Waals surface area contributed by atoms with E-state index in [1.165, 1.54) is 0 Å². The van der Waals surface area contributed by atoms with E-state index in [0.717, 1.165) is 17.8 Å². The van der Waals surface area contributed by atoms with Gasteiger partial charge in [0.15, 0.2) is 0 Å². The second kappa shape index (κ2) is 6.22. The molecule has 1 aromatic rings. The highest BCUT2D eigenvalue weighted by molar-refractivity contribution is 6.10. The molecule has 2 atom stereocenters. The van der Waals surface area contributed by atoms with Crippen molar-refractivity contribution in [2.75, 3.05) is 6.54 Å². The number of carbonyl (C=O) groups excluding carboxylic acids is 2. The van der Waals surface area contributed by atoms with Gasteiger partial charge in [-0.15, -0.1) is 0 Å². The molecule has 0 aromatic carbocycles. The van der Waals surface area contributed by atoms with Crippen molar-refractivity contribution < 1.29 is 9.59 Å². The fourth-order valence-corrected chi connectivity index (χ4v) is 4.47. The molecule has 6 heteroatoms. The summed E-state index contributed by atoms with van der Waals surface area (Å²) in [6.07, 6.45) is 7.88. The Bertz CT molecular complexity index is 892. The van der Waals surface area contributed by atoms with Gasteiger partial charge in [-0.2, -0.15) is 4.99 Å². The molecular formula is C21H26N4O2. The first-order valence-corrected chi connectivity index (χ1v) is 9.55. The van der Waals surface area contributed by atoms with E-state index >= 15 is 0 Å². The zero-order chi connectivity index (χ0) is 19.3. The lowest BCUT2D eigenvalue weighted by molar-refractivity contribution is -0.148. The van der Waals surface area contributed by atoms with E-state index in [1.807, 2.05) is 48.1 Å². The van der Waals surface area contributed by atoms with E-state index in [-0.39, 0.29) is 30.2 Å². The quantitative estimate of drug-likeness (QED) is 0.809. The summed E-state index contributed by atoms with van der Waals surface area (Å²) < 4.78 is 2.22. The van der Waals surface area contributed by atoms with Gasteiger partial charge in [0.1, 0.15) is 11.4 Å². The molecule has 0 saturated carbocycles. The summed E-state index contributed by atoms with van der Waals surface area (Å²) >= 11 is 0. The maximum absolute atomic E-state index is 13.8. The van der Waals surface area contributed by atoms with Gasteiger partial charge in [-0.05, 0) is 49.6 Å². The Morgan fingerprint density at radius 1 is 1.33 bits per heavy atom. The number of aromatic nitrogens is 1. The fraction of sp³-hybridized carbons (Fsp3) is 0.476. The molecule has 27 heavy (non-hydrogen) atoms. The SMILES string of the molecule is CC1=CC2=NC(=O)C[C@](C)(C(=O)N3CCn4cccc4[C@H]3C(C)C)N2C=C1. The zero-order valence-electron chi connectivity index (χ0n) is 16.3. The van der Waals surface area contributed by atoms with Crippen LogP contribution < -0.4 is 0 Å². The van der Waals surface area contributed by atoms with Crippen LogP contribution in [0.4, 0.5) is 0 Å². The number of amidine groups is 1. The maximum atomic E-state index is 13.8. The summed E-state index contributed by atoms with van der Waals surface area (Å²) in [5.74, 6) is 0.589. The largest absolute Gasteiger partial charge is 0.348 e. The molecule has 0 spiro atoms. The van der Waals surface area contributed by atoms with Crippen LogP contribution in [0.1, 0.15) is 45.9 Å². The van der Waals surface area contributed by atoms with Crippen LogP contribution in [0.15, 0.2) is 47.2 Å². The molecule has 4 rings (SSSR count). The molecule has 2 amide bonds. The zero-order valence-corrected chi connectivity index (χ0v) is 16.3. The minimum atomic E-state index is -0.955. The maximum Gasteiger partial charge on any atom is 0.250 e. The molecular weight excluding hydrogens is 340 g/mol. The third-order valence-electron chi connectivity index (χ3n) is 5.79. The molecule has 1 aromatic heterocycles. The molecule has 0 unspecified atom stereocenters. The normalized spacial score (nSPS) is 27.3. The Morgan fingerprint density at radius 3 is 2.85 bits per heavy atom. The molecule has 6 nitrogen and oxygen atoms in total. The van der Waals surface area contributed by atoms with Crippen LogP contribution >= 0.6 is 0 Å². The molecule has 0 radical (unpaired) electrons. The van der Waals surface area contributed by atoms with Gasteiger partial charge in [0.2, 0.25) is 5.91 Å². The Balaban J connectivity index is 1.73. The number of fused-ring (bicyclic) bond motifs is 2. The van der Waals surface area contributed by atoms with Gasteiger partial charge in [0, 0.05) is 31.2 Å². The number of allylic oxidation sites excluding steroid dienone is 2. The predicted octanol–water partition coefficient (Wildman–Crippen LogP) is 2.89. The van der Waals surface area contributed by atoms with Crippen LogP contribution in [0.25, 0.3) is 0 Å². The van der Waals surface area contributed by atoms with E-state index in [2.05, 4.69) is 35.7 Å². The summed E-state index contributed by atoms with van der Waals surface area (Å²) in [6, 6.07) is 4.13. The minimum absolute atomic E-state index is 0.00143. The van der Waals surface area contributed by atoms with E-state index < -0.39 is 5.54 Å². The third-order valence-corrected chi connectivity index (χ3v) is 5.79. The van der Waals surface area contributed by atoms with Crippen molar-refractivity contribution in [2.24, 2.45) is 10.9 Å². The lowest BCUT2D eigenvalue weighted by atomic mass is 9.87. The van der Waals surface area contributed by atoms with Gasteiger partial charge in [-0.1, -0.05) is 13.8 Å². The lowest BCUT2D eigenvalue weighted by Gasteiger charge is -2.48. The van der Waals surface area contributed by atoms with E-state index in [1.54, 1.807) is 0 Å². The molecule has 0 aliphatic carbocycles. The molecule has 0 saturated heterocycles. The standard InChI is InChI=1S/C21H26N4O2/c1-14(2)19-16-6-5-8-23(16)10-11-24(19)20(27)21(4)13-18(26)22-17-12-15(3)7-9-25(17)21/h5-9,12,14,19H,10-11,13H2,1-4H3/t19-,21-/m1/s1. The van der Waals surface area contributed by atoms with Crippen LogP contribution in [-0.4, -0.2) is 44.1 Å². The lowest BCUT2D eigenvalue weighted by Crippen LogP contribution is -2.62. The van der Waals surface area contributed by atoms with Crippen molar-refractivity contribution in [3.8, 4) is 0 Å². The number of amides is 2. The number of aliphatic imine (C=N–C) groups is 1. The van der Waals surface area contributed by atoms with Crippen molar-refractivity contribution >= 4 is 17.6 Å². The molecule has 0 bridgehead atoms. The number of rotatable bonds is 2. The van der Waals surface area contributed by atoms with Crippen LogP contribution in [0.2, 0.25) is 0 Å². The summed E-state index contributed by atoms with van der Waals surface area (Å²) in [4.78, 5) is 34.2. The van der Waals surface area contributed by atoms with E-state index in [0.29, 0.717) is 12.4 Å². The van der Waals surface area contributed by atoms with Crippen LogP contribution in [0.5, 0.6) is 0 Å². The highest BCUT2D eigenvalue weighted by Crippen LogP contribution is 2.37. The average Bonchev–Trinajstić information content (AvgIpc) is 3.07. The Labute approximate surface area is 159 Å². The second-order valence-corrected chi connectivity index (χ2v) is 8.20. The van der Waals surface area contributed by atoms with Gasteiger partial charge in [0.05, 0.1) is 12.5 Å². The third kappa shape index (κ3) is 2.74. The van der Waals surface area contributed by atoms with Gasteiger partial charge >= 0.3 is 0 Å². The molecule has 4 heterocycles. The van der Waals surface area contributed by atoms with Crippen molar-refractivity contribution in [3.63, 3.8) is 0 Å². The first kappa shape index (κ1) is 17.8. The van der Waals surface area contributed by atoms with Crippen molar-refractivity contribution in [1.29, 1.82) is 0 Å². The second-order valence-electron chi connectivity index (χ2n) is 8.20. The van der Waals surface area contributed by atoms with Gasteiger partial charge in [-0.3, -0.25) is 9.59 Å². The van der Waals surface area contributed by atoms with Crippen LogP contribution in [0.3, 0.4) is 0 Å². The van der Waals surface area contributed by atoms with Crippen LogP contribution in [-0.2, 0) is 16.1 Å².